The van der Waals surface area contributed by atoms with E-state index in [2.05, 4.69) is 52.2 Å². The van der Waals surface area contributed by atoms with E-state index in [-0.39, 0.29) is 5.54 Å². The SMILES string of the molecule is CC(C)(C)NCc1nnc(-c2ccc(Br)cc2)o1. The summed E-state index contributed by atoms with van der Waals surface area (Å²) in [6.45, 7) is 6.87. The molecule has 0 radical (unpaired) electrons. The van der Waals surface area contributed by atoms with Crippen molar-refractivity contribution in [1.29, 1.82) is 0 Å². The molecule has 2 rings (SSSR count). The minimum atomic E-state index is 0.0340. The highest BCUT2D eigenvalue weighted by molar-refractivity contribution is 9.10. The van der Waals surface area contributed by atoms with Crippen molar-refractivity contribution in [3.05, 3.63) is 34.6 Å². The molecule has 96 valence electrons. The highest BCUT2D eigenvalue weighted by Gasteiger charge is 2.12. The van der Waals surface area contributed by atoms with Gasteiger partial charge in [-0.25, -0.2) is 0 Å². The molecule has 0 aliphatic rings. The fourth-order valence-corrected chi connectivity index (χ4v) is 1.64. The van der Waals surface area contributed by atoms with Crippen LogP contribution in [0.5, 0.6) is 0 Å². The zero-order valence-electron chi connectivity index (χ0n) is 10.7. The third-order valence-electron chi connectivity index (χ3n) is 2.33. The zero-order chi connectivity index (χ0) is 13.2. The van der Waals surface area contributed by atoms with E-state index in [4.69, 9.17) is 4.42 Å². The number of aromatic nitrogens is 2. The summed E-state index contributed by atoms with van der Waals surface area (Å²) in [5.74, 6) is 1.15. The van der Waals surface area contributed by atoms with Crippen LogP contribution < -0.4 is 5.32 Å². The van der Waals surface area contributed by atoms with E-state index in [1.54, 1.807) is 0 Å². The lowest BCUT2D eigenvalue weighted by Gasteiger charge is -2.18. The van der Waals surface area contributed by atoms with Gasteiger partial charge >= 0.3 is 0 Å². The predicted molar refractivity (Wildman–Crippen MR) is 74.0 cm³/mol. The lowest BCUT2D eigenvalue weighted by atomic mass is 10.1. The fourth-order valence-electron chi connectivity index (χ4n) is 1.37. The molecule has 0 atom stereocenters. The van der Waals surface area contributed by atoms with Gasteiger partial charge in [-0.2, -0.15) is 0 Å². The molecular formula is C13H16BrN3O. The number of halogens is 1. The molecule has 0 aliphatic heterocycles. The first-order chi connectivity index (χ1) is 8.44. The van der Waals surface area contributed by atoms with Gasteiger partial charge in [0, 0.05) is 15.6 Å². The second-order valence-electron chi connectivity index (χ2n) is 5.11. The molecule has 0 saturated carbocycles. The van der Waals surface area contributed by atoms with Crippen LogP contribution in [0.25, 0.3) is 11.5 Å². The monoisotopic (exact) mass is 309 g/mol. The normalized spacial score (nSPS) is 11.8. The van der Waals surface area contributed by atoms with Crippen molar-refractivity contribution >= 4 is 15.9 Å². The largest absolute Gasteiger partial charge is 0.419 e. The van der Waals surface area contributed by atoms with Crippen LogP contribution in [0.15, 0.2) is 33.2 Å². The number of benzene rings is 1. The molecule has 1 heterocycles. The van der Waals surface area contributed by atoms with Crippen LogP contribution in [-0.4, -0.2) is 15.7 Å². The van der Waals surface area contributed by atoms with Crippen LogP contribution >= 0.6 is 15.9 Å². The molecule has 2 aromatic rings. The molecule has 1 aromatic heterocycles. The summed E-state index contributed by atoms with van der Waals surface area (Å²) in [5, 5.41) is 11.4. The average Bonchev–Trinajstić information content (AvgIpc) is 2.75. The molecule has 0 aliphatic carbocycles. The molecule has 1 N–H and O–H groups in total. The molecule has 0 unspecified atom stereocenters. The topological polar surface area (TPSA) is 51.0 Å². The number of nitrogens with one attached hydrogen (secondary N) is 1. The Bertz CT molecular complexity index is 514. The van der Waals surface area contributed by atoms with Crippen molar-refractivity contribution in [3.63, 3.8) is 0 Å². The van der Waals surface area contributed by atoms with Gasteiger partial charge in [-0.15, -0.1) is 10.2 Å². The van der Waals surface area contributed by atoms with Gasteiger partial charge in [0.1, 0.15) is 0 Å². The summed E-state index contributed by atoms with van der Waals surface area (Å²) in [6.07, 6.45) is 0. The van der Waals surface area contributed by atoms with Crippen LogP contribution in [0.4, 0.5) is 0 Å². The summed E-state index contributed by atoms with van der Waals surface area (Å²) in [6, 6.07) is 7.79. The molecule has 0 fully saturated rings. The summed E-state index contributed by atoms with van der Waals surface area (Å²) >= 11 is 3.39. The zero-order valence-corrected chi connectivity index (χ0v) is 12.3. The average molecular weight is 310 g/mol. The van der Waals surface area contributed by atoms with Gasteiger partial charge in [0.05, 0.1) is 6.54 Å². The molecule has 0 saturated heterocycles. The molecule has 0 amide bonds. The molecule has 0 bridgehead atoms. The minimum Gasteiger partial charge on any atom is -0.419 e. The van der Waals surface area contributed by atoms with Gasteiger partial charge in [0.15, 0.2) is 0 Å². The van der Waals surface area contributed by atoms with Crippen molar-refractivity contribution in [3.8, 4) is 11.5 Å². The number of nitrogens with zero attached hydrogens (tertiary/aromatic N) is 2. The Kier molecular flexibility index (Phi) is 3.82. The lowest BCUT2D eigenvalue weighted by Crippen LogP contribution is -2.35. The van der Waals surface area contributed by atoms with E-state index < -0.39 is 0 Å². The highest BCUT2D eigenvalue weighted by Crippen LogP contribution is 2.20. The van der Waals surface area contributed by atoms with E-state index in [0.717, 1.165) is 10.0 Å². The van der Waals surface area contributed by atoms with Crippen molar-refractivity contribution in [2.75, 3.05) is 0 Å². The molecule has 1 aromatic carbocycles. The van der Waals surface area contributed by atoms with Crippen LogP contribution in [0.3, 0.4) is 0 Å². The quantitative estimate of drug-likeness (QED) is 0.944. The van der Waals surface area contributed by atoms with Gasteiger partial charge in [0.25, 0.3) is 0 Å². The number of hydrogen-bond donors (Lipinski definition) is 1. The smallest absolute Gasteiger partial charge is 0.247 e. The Morgan fingerprint density at radius 1 is 1.17 bits per heavy atom. The minimum absolute atomic E-state index is 0.0340. The van der Waals surface area contributed by atoms with Crippen molar-refractivity contribution in [1.82, 2.24) is 15.5 Å². The van der Waals surface area contributed by atoms with E-state index in [1.807, 2.05) is 24.3 Å². The van der Waals surface area contributed by atoms with Crippen molar-refractivity contribution in [2.45, 2.75) is 32.9 Å². The van der Waals surface area contributed by atoms with E-state index in [9.17, 15) is 0 Å². The van der Waals surface area contributed by atoms with Gasteiger partial charge in [-0.05, 0) is 45.0 Å². The maximum absolute atomic E-state index is 5.60. The Labute approximate surface area is 115 Å². The summed E-state index contributed by atoms with van der Waals surface area (Å²) in [5.41, 5.74) is 0.958. The van der Waals surface area contributed by atoms with E-state index in [0.29, 0.717) is 18.3 Å². The summed E-state index contributed by atoms with van der Waals surface area (Å²) in [4.78, 5) is 0. The second-order valence-corrected chi connectivity index (χ2v) is 6.03. The van der Waals surface area contributed by atoms with Gasteiger partial charge in [0.2, 0.25) is 11.8 Å². The van der Waals surface area contributed by atoms with Gasteiger partial charge in [-0.1, -0.05) is 15.9 Å². The van der Waals surface area contributed by atoms with Crippen LogP contribution in [0, 0.1) is 0 Å². The molecule has 18 heavy (non-hydrogen) atoms. The van der Waals surface area contributed by atoms with Crippen molar-refractivity contribution < 1.29 is 4.42 Å². The Hall–Kier alpha value is -1.20. The Balaban J connectivity index is 2.08. The van der Waals surface area contributed by atoms with E-state index in [1.165, 1.54) is 0 Å². The maximum Gasteiger partial charge on any atom is 0.247 e. The van der Waals surface area contributed by atoms with Gasteiger partial charge in [-0.3, -0.25) is 0 Å². The highest BCUT2D eigenvalue weighted by atomic mass is 79.9. The van der Waals surface area contributed by atoms with Crippen LogP contribution in [0.2, 0.25) is 0 Å². The van der Waals surface area contributed by atoms with Crippen LogP contribution in [-0.2, 0) is 6.54 Å². The molecule has 0 spiro atoms. The predicted octanol–water partition coefficient (Wildman–Crippen LogP) is 3.39. The lowest BCUT2D eigenvalue weighted by molar-refractivity contribution is 0.383. The molecule has 5 heteroatoms. The number of rotatable bonds is 3. The summed E-state index contributed by atoms with van der Waals surface area (Å²) in [7, 11) is 0. The fraction of sp³-hybridized carbons (Fsp3) is 0.385. The standard InChI is InChI=1S/C13H16BrN3O/c1-13(2,3)15-8-11-16-17-12(18-11)9-4-6-10(14)7-5-9/h4-7,15H,8H2,1-3H3. The number of hydrogen-bond acceptors (Lipinski definition) is 4. The Morgan fingerprint density at radius 2 is 1.83 bits per heavy atom. The first-order valence-corrected chi connectivity index (χ1v) is 6.57. The third kappa shape index (κ3) is 3.65. The first-order valence-electron chi connectivity index (χ1n) is 5.77. The first kappa shape index (κ1) is 13.2. The van der Waals surface area contributed by atoms with E-state index >= 15 is 0 Å². The third-order valence-corrected chi connectivity index (χ3v) is 2.86. The Morgan fingerprint density at radius 3 is 2.44 bits per heavy atom. The van der Waals surface area contributed by atoms with Crippen molar-refractivity contribution in [2.24, 2.45) is 0 Å². The molecular weight excluding hydrogens is 294 g/mol. The second kappa shape index (κ2) is 5.20. The maximum atomic E-state index is 5.60. The summed E-state index contributed by atoms with van der Waals surface area (Å²) < 4.78 is 6.63. The molecule has 4 nitrogen and oxygen atoms in total. The van der Waals surface area contributed by atoms with Gasteiger partial charge < -0.3 is 9.73 Å². The van der Waals surface area contributed by atoms with Crippen LogP contribution in [0.1, 0.15) is 26.7 Å².